The summed E-state index contributed by atoms with van der Waals surface area (Å²) in [5, 5.41) is 1.30. The second-order valence-corrected chi connectivity index (χ2v) is 9.13. The van der Waals surface area contributed by atoms with Crippen LogP contribution in [-0.4, -0.2) is 9.97 Å². The van der Waals surface area contributed by atoms with Gasteiger partial charge < -0.3 is 0 Å². The molecule has 0 aliphatic heterocycles. The van der Waals surface area contributed by atoms with Gasteiger partial charge >= 0.3 is 0 Å². The van der Waals surface area contributed by atoms with Crippen molar-refractivity contribution in [1.29, 1.82) is 0 Å². The van der Waals surface area contributed by atoms with E-state index in [-0.39, 0.29) is 0 Å². The predicted molar refractivity (Wildman–Crippen MR) is 95.7 cm³/mol. The van der Waals surface area contributed by atoms with Crippen LogP contribution < -0.4 is 0 Å². The number of rotatable bonds is 1. The van der Waals surface area contributed by atoms with Crippen LogP contribution >= 0.6 is 70.7 Å². The van der Waals surface area contributed by atoms with E-state index in [0.717, 1.165) is 34.1 Å². The zero-order valence-corrected chi connectivity index (χ0v) is 16.4. The summed E-state index contributed by atoms with van der Waals surface area (Å²) < 4.78 is 2.90. The molecular weight excluding hydrogens is 491 g/mol. The van der Waals surface area contributed by atoms with Crippen molar-refractivity contribution in [3.05, 3.63) is 41.0 Å². The Morgan fingerprint density at radius 2 is 1.90 bits per heavy atom. The molecule has 3 aromatic rings. The highest BCUT2D eigenvalue weighted by Crippen LogP contribution is 2.39. The highest BCUT2D eigenvalue weighted by Gasteiger charge is 2.15. The number of hydrogen-bond donors (Lipinski definition) is 0. The maximum absolute atomic E-state index is 6.34. The Balaban J connectivity index is 2.35. The van der Waals surface area contributed by atoms with Crippen LogP contribution in [0.3, 0.4) is 0 Å². The smallest absolute Gasteiger partial charge is 0.163 e. The molecule has 7 heteroatoms. The Morgan fingerprint density at radius 1 is 1.15 bits per heavy atom. The Kier molecular flexibility index (Phi) is 4.21. The normalized spacial score (nSPS) is 11.2. The SMILES string of the molecule is Cc1ccc(Br)c2c(Cl)nc(-c3cc(Br)sc3Br)nc12. The van der Waals surface area contributed by atoms with E-state index in [0.29, 0.717) is 11.0 Å². The van der Waals surface area contributed by atoms with Gasteiger partial charge in [-0.25, -0.2) is 9.97 Å². The third-order valence-corrected chi connectivity index (χ3v) is 6.13. The van der Waals surface area contributed by atoms with Crippen molar-refractivity contribution in [2.75, 3.05) is 0 Å². The standard InChI is InChI=1S/C13H6Br3ClN2S/c1-5-2-3-7(14)9-10(5)18-13(19-12(9)17)6-4-8(15)20-11(6)16/h2-4H,1H3. The van der Waals surface area contributed by atoms with E-state index in [9.17, 15) is 0 Å². The third-order valence-electron chi connectivity index (χ3n) is 2.85. The molecule has 0 fully saturated rings. The molecule has 0 unspecified atom stereocenters. The van der Waals surface area contributed by atoms with Gasteiger partial charge in [0.2, 0.25) is 0 Å². The van der Waals surface area contributed by atoms with Crippen LogP contribution in [0.2, 0.25) is 5.15 Å². The Labute approximate surface area is 150 Å². The van der Waals surface area contributed by atoms with Crippen LogP contribution in [0.4, 0.5) is 0 Å². The minimum Gasteiger partial charge on any atom is -0.227 e. The first-order chi connectivity index (χ1) is 9.47. The second-order valence-electron chi connectivity index (χ2n) is 4.16. The first kappa shape index (κ1) is 14.9. The number of thiophene rings is 1. The second kappa shape index (κ2) is 5.65. The highest BCUT2D eigenvalue weighted by atomic mass is 79.9. The van der Waals surface area contributed by atoms with Crippen LogP contribution in [0.1, 0.15) is 5.56 Å². The summed E-state index contributed by atoms with van der Waals surface area (Å²) in [6.07, 6.45) is 0. The Morgan fingerprint density at radius 3 is 2.55 bits per heavy atom. The molecule has 2 aromatic heterocycles. The fourth-order valence-corrected chi connectivity index (χ4v) is 5.59. The minimum absolute atomic E-state index is 0.454. The molecule has 3 rings (SSSR count). The lowest BCUT2D eigenvalue weighted by molar-refractivity contribution is 1.22. The molecule has 2 nitrogen and oxygen atoms in total. The van der Waals surface area contributed by atoms with Gasteiger partial charge in [0.1, 0.15) is 5.15 Å². The number of aryl methyl sites for hydroxylation is 1. The maximum Gasteiger partial charge on any atom is 0.163 e. The molecule has 0 aliphatic rings. The summed E-state index contributed by atoms with van der Waals surface area (Å²) in [7, 11) is 0. The average molecular weight is 497 g/mol. The summed E-state index contributed by atoms with van der Waals surface area (Å²) in [6.45, 7) is 2.01. The van der Waals surface area contributed by atoms with E-state index in [2.05, 4.69) is 57.8 Å². The lowest BCUT2D eigenvalue weighted by atomic mass is 10.1. The van der Waals surface area contributed by atoms with Gasteiger partial charge in [0, 0.05) is 10.0 Å². The average Bonchev–Trinajstić information content (AvgIpc) is 2.72. The van der Waals surface area contributed by atoms with Crippen LogP contribution in [0.25, 0.3) is 22.3 Å². The summed E-state index contributed by atoms with van der Waals surface area (Å²) in [5.41, 5.74) is 2.87. The van der Waals surface area contributed by atoms with Gasteiger partial charge in [-0.1, -0.05) is 17.7 Å². The molecule has 0 amide bonds. The predicted octanol–water partition coefficient (Wildman–Crippen LogP) is 6.61. The molecule has 0 atom stereocenters. The summed E-state index contributed by atoms with van der Waals surface area (Å²) >= 11 is 18.4. The molecule has 0 spiro atoms. The van der Waals surface area contributed by atoms with Crippen molar-refractivity contribution in [3.8, 4) is 11.4 Å². The van der Waals surface area contributed by atoms with Gasteiger partial charge in [0.05, 0.1) is 18.5 Å². The molecule has 0 radical (unpaired) electrons. The quantitative estimate of drug-likeness (QED) is 0.354. The van der Waals surface area contributed by atoms with Gasteiger partial charge in [-0.05, 0) is 72.4 Å². The molecule has 0 saturated carbocycles. The van der Waals surface area contributed by atoms with Crippen molar-refractivity contribution in [1.82, 2.24) is 9.97 Å². The number of benzene rings is 1. The van der Waals surface area contributed by atoms with Crippen LogP contribution in [-0.2, 0) is 0 Å². The molecule has 102 valence electrons. The van der Waals surface area contributed by atoms with Gasteiger partial charge in [-0.3, -0.25) is 0 Å². The third kappa shape index (κ3) is 2.57. The minimum atomic E-state index is 0.454. The fourth-order valence-electron chi connectivity index (χ4n) is 1.90. The largest absolute Gasteiger partial charge is 0.227 e. The first-order valence-corrected chi connectivity index (χ1v) is 9.12. The number of nitrogens with zero attached hydrogens (tertiary/aromatic N) is 2. The van der Waals surface area contributed by atoms with E-state index in [4.69, 9.17) is 11.6 Å². The van der Waals surface area contributed by atoms with Gasteiger partial charge in [-0.15, -0.1) is 11.3 Å². The molecule has 0 aliphatic carbocycles. The molecule has 20 heavy (non-hydrogen) atoms. The van der Waals surface area contributed by atoms with Crippen molar-refractivity contribution in [3.63, 3.8) is 0 Å². The Hall–Kier alpha value is -0.0100. The number of halogens is 4. The zero-order chi connectivity index (χ0) is 14.4. The molecule has 2 heterocycles. The Bertz CT molecular complexity index is 832. The van der Waals surface area contributed by atoms with Gasteiger partial charge in [0.15, 0.2) is 5.82 Å². The number of fused-ring (bicyclic) bond motifs is 1. The van der Waals surface area contributed by atoms with Crippen molar-refractivity contribution in [2.24, 2.45) is 0 Å². The van der Waals surface area contributed by atoms with Crippen molar-refractivity contribution >= 4 is 81.6 Å². The van der Waals surface area contributed by atoms with Gasteiger partial charge in [-0.2, -0.15) is 0 Å². The molecule has 0 bridgehead atoms. The fraction of sp³-hybridized carbons (Fsp3) is 0.0769. The summed E-state index contributed by atoms with van der Waals surface area (Å²) in [5.74, 6) is 0.623. The van der Waals surface area contributed by atoms with E-state index in [1.54, 1.807) is 11.3 Å². The van der Waals surface area contributed by atoms with Crippen molar-refractivity contribution in [2.45, 2.75) is 6.92 Å². The molecule has 0 saturated heterocycles. The number of hydrogen-bond acceptors (Lipinski definition) is 3. The van der Waals surface area contributed by atoms with E-state index in [1.807, 2.05) is 25.1 Å². The van der Waals surface area contributed by atoms with Crippen LogP contribution in [0.15, 0.2) is 30.2 Å². The highest BCUT2D eigenvalue weighted by molar-refractivity contribution is 9.12. The molecular formula is C13H6Br3ClN2S. The lowest BCUT2D eigenvalue weighted by Gasteiger charge is -2.07. The summed E-state index contributed by atoms with van der Waals surface area (Å²) in [6, 6.07) is 5.96. The van der Waals surface area contributed by atoms with Gasteiger partial charge in [0.25, 0.3) is 0 Å². The first-order valence-electron chi connectivity index (χ1n) is 5.55. The number of aromatic nitrogens is 2. The van der Waals surface area contributed by atoms with Crippen molar-refractivity contribution < 1.29 is 0 Å². The monoisotopic (exact) mass is 494 g/mol. The van der Waals surface area contributed by atoms with E-state index < -0.39 is 0 Å². The molecule has 1 aromatic carbocycles. The topological polar surface area (TPSA) is 25.8 Å². The van der Waals surface area contributed by atoms with E-state index >= 15 is 0 Å². The zero-order valence-electron chi connectivity index (χ0n) is 10.0. The van der Waals surface area contributed by atoms with Crippen LogP contribution in [0.5, 0.6) is 0 Å². The molecule has 0 N–H and O–H groups in total. The summed E-state index contributed by atoms with van der Waals surface area (Å²) in [4.78, 5) is 9.10. The van der Waals surface area contributed by atoms with Crippen LogP contribution in [0, 0.1) is 6.92 Å². The maximum atomic E-state index is 6.34. The van der Waals surface area contributed by atoms with E-state index in [1.165, 1.54) is 0 Å². The lowest BCUT2D eigenvalue weighted by Crippen LogP contribution is -1.94.